The van der Waals surface area contributed by atoms with E-state index in [-0.39, 0.29) is 36.6 Å². The van der Waals surface area contributed by atoms with Crippen LogP contribution in [-0.4, -0.2) is 48.7 Å². The first-order chi connectivity index (χ1) is 17.0. The number of imide groups is 1. The van der Waals surface area contributed by atoms with Crippen molar-refractivity contribution in [1.82, 2.24) is 4.90 Å². The number of fused-ring (bicyclic) bond motifs is 2. The fourth-order valence-electron chi connectivity index (χ4n) is 4.44. The molecule has 8 nitrogen and oxygen atoms in total. The van der Waals surface area contributed by atoms with Crippen LogP contribution in [0.1, 0.15) is 43.1 Å². The number of nitrogens with one attached hydrogen (secondary N) is 1. The molecule has 3 aromatic rings. The highest BCUT2D eigenvalue weighted by atomic mass is 16.5. The maximum Gasteiger partial charge on any atom is 0.261 e. The summed E-state index contributed by atoms with van der Waals surface area (Å²) in [5.41, 5.74) is 3.59. The normalized spacial score (nSPS) is 14.1. The molecule has 1 N–H and O–H groups in total. The van der Waals surface area contributed by atoms with Crippen LogP contribution in [-0.2, 0) is 11.2 Å². The third-order valence-corrected chi connectivity index (χ3v) is 6.29. The number of carbonyl (C=O) groups excluding carboxylic acids is 4. The number of hydrogen-bond acceptors (Lipinski definition) is 5. The molecule has 0 spiro atoms. The van der Waals surface area contributed by atoms with Crippen molar-refractivity contribution < 1.29 is 23.9 Å². The summed E-state index contributed by atoms with van der Waals surface area (Å²) in [5, 5.41) is 2.82. The Kier molecular flexibility index (Phi) is 5.78. The summed E-state index contributed by atoms with van der Waals surface area (Å²) in [6, 6.07) is 19.0. The monoisotopic (exact) mass is 469 g/mol. The van der Waals surface area contributed by atoms with E-state index in [0.717, 1.165) is 22.6 Å². The maximum atomic E-state index is 13.1. The molecule has 2 aliphatic rings. The molecule has 0 saturated carbocycles. The van der Waals surface area contributed by atoms with E-state index in [1.807, 2.05) is 6.07 Å². The Morgan fingerprint density at radius 3 is 2.29 bits per heavy atom. The molecule has 0 radical (unpaired) electrons. The van der Waals surface area contributed by atoms with Crippen molar-refractivity contribution in [3.05, 3.63) is 89.0 Å². The molecule has 0 aliphatic carbocycles. The summed E-state index contributed by atoms with van der Waals surface area (Å²) in [7, 11) is 1.57. The predicted octanol–water partition coefficient (Wildman–Crippen LogP) is 3.52. The number of nitrogens with zero attached hydrogens (tertiary/aromatic N) is 2. The molecule has 8 heteroatoms. The van der Waals surface area contributed by atoms with Gasteiger partial charge in [0.15, 0.2) is 0 Å². The zero-order chi connectivity index (χ0) is 24.5. The molecule has 0 unspecified atom stereocenters. The fraction of sp³-hybridized carbons (Fsp3) is 0.185. The lowest BCUT2D eigenvalue weighted by Gasteiger charge is -2.19. The lowest BCUT2D eigenvalue weighted by molar-refractivity contribution is -0.116. The number of rotatable bonds is 6. The zero-order valence-electron chi connectivity index (χ0n) is 19.1. The molecule has 176 valence electrons. The summed E-state index contributed by atoms with van der Waals surface area (Å²) in [6.45, 7) is 0.544. The fourth-order valence-corrected chi connectivity index (χ4v) is 4.44. The smallest absolute Gasteiger partial charge is 0.261 e. The Bertz CT molecular complexity index is 1310. The van der Waals surface area contributed by atoms with E-state index in [9.17, 15) is 19.2 Å². The first-order valence-corrected chi connectivity index (χ1v) is 11.3. The van der Waals surface area contributed by atoms with E-state index < -0.39 is 0 Å². The van der Waals surface area contributed by atoms with Gasteiger partial charge in [0.25, 0.3) is 17.7 Å². The second kappa shape index (κ2) is 9.06. The van der Waals surface area contributed by atoms with E-state index in [1.54, 1.807) is 72.7 Å². The minimum Gasteiger partial charge on any atom is -0.497 e. The third kappa shape index (κ3) is 4.14. The van der Waals surface area contributed by atoms with Crippen molar-refractivity contribution in [3.8, 4) is 5.75 Å². The van der Waals surface area contributed by atoms with Crippen LogP contribution in [0.5, 0.6) is 5.75 Å². The van der Waals surface area contributed by atoms with Gasteiger partial charge in [0.05, 0.1) is 18.2 Å². The van der Waals surface area contributed by atoms with Gasteiger partial charge in [-0.25, -0.2) is 0 Å². The standard InChI is InChI=1S/C27H23N3O5/c1-35-20-10-7-18(8-11-20)25(32)29-14-12-17-6-9-19(16-23(17)29)28-24(31)13-15-30-26(33)21-4-2-3-5-22(21)27(30)34/h2-11,16H,12-15H2,1H3,(H,28,31). The molecule has 3 aromatic carbocycles. The van der Waals surface area contributed by atoms with Crippen LogP contribution in [0.15, 0.2) is 66.7 Å². The molecular formula is C27H23N3O5. The summed E-state index contributed by atoms with van der Waals surface area (Å²) < 4.78 is 5.16. The Morgan fingerprint density at radius 1 is 0.943 bits per heavy atom. The molecular weight excluding hydrogens is 446 g/mol. The minimum absolute atomic E-state index is 0.00873. The zero-order valence-corrected chi connectivity index (χ0v) is 19.1. The van der Waals surface area contributed by atoms with Crippen LogP contribution < -0.4 is 15.0 Å². The number of methoxy groups -OCH3 is 1. The summed E-state index contributed by atoms with van der Waals surface area (Å²) >= 11 is 0. The first kappa shape index (κ1) is 22.3. The lowest BCUT2D eigenvalue weighted by atomic mass is 10.1. The molecule has 5 rings (SSSR count). The van der Waals surface area contributed by atoms with E-state index >= 15 is 0 Å². The minimum atomic E-state index is -0.386. The topological polar surface area (TPSA) is 96.0 Å². The Balaban J connectivity index is 1.24. The average Bonchev–Trinajstić information content (AvgIpc) is 3.41. The molecule has 0 atom stereocenters. The predicted molar refractivity (Wildman–Crippen MR) is 130 cm³/mol. The van der Waals surface area contributed by atoms with E-state index in [0.29, 0.717) is 34.7 Å². The summed E-state index contributed by atoms with van der Waals surface area (Å²) in [6.07, 6.45) is 0.697. The van der Waals surface area contributed by atoms with Crippen molar-refractivity contribution in [1.29, 1.82) is 0 Å². The van der Waals surface area contributed by atoms with Gasteiger partial charge >= 0.3 is 0 Å². The van der Waals surface area contributed by atoms with Crippen molar-refractivity contribution in [2.45, 2.75) is 12.8 Å². The number of hydrogen-bond donors (Lipinski definition) is 1. The van der Waals surface area contributed by atoms with E-state index in [2.05, 4.69) is 5.32 Å². The number of anilines is 2. The quantitative estimate of drug-likeness (QED) is 0.558. The van der Waals surface area contributed by atoms with Crippen LogP contribution in [0.4, 0.5) is 11.4 Å². The van der Waals surface area contributed by atoms with Gasteiger partial charge in [-0.1, -0.05) is 18.2 Å². The largest absolute Gasteiger partial charge is 0.497 e. The second-order valence-electron chi connectivity index (χ2n) is 8.38. The van der Waals surface area contributed by atoms with Crippen LogP contribution in [0.3, 0.4) is 0 Å². The maximum absolute atomic E-state index is 13.1. The highest BCUT2D eigenvalue weighted by Gasteiger charge is 2.35. The molecule has 0 aromatic heterocycles. The van der Waals surface area contributed by atoms with Crippen molar-refractivity contribution in [2.24, 2.45) is 0 Å². The van der Waals surface area contributed by atoms with Gasteiger partial charge in [-0.2, -0.15) is 0 Å². The Morgan fingerprint density at radius 2 is 1.63 bits per heavy atom. The van der Waals surface area contributed by atoms with Crippen molar-refractivity contribution in [3.63, 3.8) is 0 Å². The van der Waals surface area contributed by atoms with Crippen LogP contribution >= 0.6 is 0 Å². The van der Waals surface area contributed by atoms with Gasteiger partial charge < -0.3 is 15.0 Å². The summed E-state index contributed by atoms with van der Waals surface area (Å²) in [5.74, 6) is -0.546. The molecule has 2 aliphatic heterocycles. The van der Waals surface area contributed by atoms with Crippen molar-refractivity contribution in [2.75, 3.05) is 30.4 Å². The van der Waals surface area contributed by atoms with E-state index in [4.69, 9.17) is 4.74 Å². The van der Waals surface area contributed by atoms with E-state index in [1.165, 1.54) is 0 Å². The highest BCUT2D eigenvalue weighted by molar-refractivity contribution is 6.21. The molecule has 35 heavy (non-hydrogen) atoms. The molecule has 2 heterocycles. The van der Waals surface area contributed by atoms with Crippen LogP contribution in [0, 0.1) is 0 Å². The number of ether oxygens (including phenoxy) is 1. The van der Waals surface area contributed by atoms with Crippen LogP contribution in [0.25, 0.3) is 0 Å². The third-order valence-electron chi connectivity index (χ3n) is 6.29. The van der Waals surface area contributed by atoms with Gasteiger partial charge in [0, 0.05) is 36.4 Å². The Hall–Kier alpha value is -4.46. The van der Waals surface area contributed by atoms with Crippen molar-refractivity contribution >= 4 is 35.0 Å². The second-order valence-corrected chi connectivity index (χ2v) is 8.38. The van der Waals surface area contributed by atoms with Crippen LogP contribution in [0.2, 0.25) is 0 Å². The number of amides is 4. The summed E-state index contributed by atoms with van der Waals surface area (Å²) in [4.78, 5) is 53.5. The van der Waals surface area contributed by atoms with Gasteiger partial charge in [0.2, 0.25) is 5.91 Å². The molecule has 0 saturated heterocycles. The highest BCUT2D eigenvalue weighted by Crippen LogP contribution is 2.32. The van der Waals surface area contributed by atoms with Gasteiger partial charge in [0.1, 0.15) is 5.75 Å². The Labute approximate surface area is 202 Å². The number of carbonyl (C=O) groups is 4. The SMILES string of the molecule is COc1ccc(C(=O)N2CCc3ccc(NC(=O)CCN4C(=O)c5ccccc5C4=O)cc32)cc1. The molecule has 0 fully saturated rings. The average molecular weight is 469 g/mol. The van der Waals surface area contributed by atoms with Gasteiger partial charge in [-0.05, 0) is 60.5 Å². The molecule has 4 amide bonds. The lowest BCUT2D eigenvalue weighted by Crippen LogP contribution is -2.33. The van der Waals surface area contributed by atoms with Gasteiger partial charge in [-0.3, -0.25) is 24.1 Å². The number of benzene rings is 3. The molecule has 0 bridgehead atoms. The van der Waals surface area contributed by atoms with Gasteiger partial charge in [-0.15, -0.1) is 0 Å². The first-order valence-electron chi connectivity index (χ1n) is 11.3.